The average Bonchev–Trinajstić information content (AvgIpc) is 2.43. The van der Waals surface area contributed by atoms with E-state index in [0.717, 1.165) is 6.08 Å². The predicted molar refractivity (Wildman–Crippen MR) is 82.3 cm³/mol. The summed E-state index contributed by atoms with van der Waals surface area (Å²) in [6.45, 7) is 0. The monoisotopic (exact) mass is 370 g/mol. The van der Waals surface area contributed by atoms with E-state index >= 15 is 0 Å². The lowest BCUT2D eigenvalue weighted by Gasteiger charge is -2.10. The van der Waals surface area contributed by atoms with Crippen LogP contribution < -0.4 is 4.74 Å². The Morgan fingerprint density at radius 3 is 2.67 bits per heavy atom. The summed E-state index contributed by atoms with van der Waals surface area (Å²) in [4.78, 5) is 10.4. The Morgan fingerprint density at radius 2 is 2.00 bits per heavy atom. The Hall–Kier alpha value is -1.85. The number of aliphatic carboxylic acids is 1. The Kier molecular flexibility index (Phi) is 4.98. The number of hydrogen-bond donors (Lipinski definition) is 1. The van der Waals surface area contributed by atoms with E-state index in [0.29, 0.717) is 26.6 Å². The van der Waals surface area contributed by atoms with Crippen LogP contribution in [0.5, 0.6) is 11.5 Å². The van der Waals surface area contributed by atoms with Crippen LogP contribution in [0.25, 0.3) is 6.08 Å². The van der Waals surface area contributed by atoms with Crippen molar-refractivity contribution in [3.8, 4) is 11.5 Å². The second kappa shape index (κ2) is 6.74. The topological polar surface area (TPSA) is 46.5 Å². The van der Waals surface area contributed by atoms with Crippen LogP contribution in [0.4, 0.5) is 4.39 Å². The van der Waals surface area contributed by atoms with Gasteiger partial charge < -0.3 is 9.84 Å². The van der Waals surface area contributed by atoms with E-state index in [1.807, 2.05) is 0 Å². The number of benzene rings is 2. The number of halogens is 3. The molecule has 2 aromatic carbocycles. The molecule has 0 saturated heterocycles. The molecule has 2 rings (SSSR count). The van der Waals surface area contributed by atoms with Gasteiger partial charge in [-0.2, -0.15) is 0 Å². The van der Waals surface area contributed by atoms with Crippen molar-refractivity contribution in [2.24, 2.45) is 0 Å². The van der Waals surface area contributed by atoms with Crippen LogP contribution in [0.15, 0.2) is 46.9 Å². The van der Waals surface area contributed by atoms with Crippen molar-refractivity contribution in [3.63, 3.8) is 0 Å². The molecule has 0 aliphatic rings. The maximum atomic E-state index is 13.2. The zero-order valence-corrected chi connectivity index (χ0v) is 12.9. The lowest BCUT2D eigenvalue weighted by atomic mass is 10.2. The smallest absolute Gasteiger partial charge is 0.328 e. The highest BCUT2D eigenvalue weighted by Crippen LogP contribution is 2.34. The predicted octanol–water partition coefficient (Wildman–Crippen LogP) is 5.13. The summed E-state index contributed by atoms with van der Waals surface area (Å²) < 4.78 is 19.3. The van der Waals surface area contributed by atoms with E-state index in [9.17, 15) is 9.18 Å². The Bertz CT molecular complexity index is 716. The molecule has 0 aliphatic carbocycles. The Morgan fingerprint density at radius 1 is 1.24 bits per heavy atom. The molecule has 6 heteroatoms. The van der Waals surface area contributed by atoms with Gasteiger partial charge in [-0.05, 0) is 51.8 Å². The molecular weight excluding hydrogens is 363 g/mol. The second-order valence-electron chi connectivity index (χ2n) is 4.04. The third-order valence-corrected chi connectivity index (χ3v) is 3.44. The molecule has 0 bridgehead atoms. The van der Waals surface area contributed by atoms with E-state index in [1.54, 1.807) is 18.2 Å². The van der Waals surface area contributed by atoms with Crippen molar-refractivity contribution in [1.82, 2.24) is 0 Å². The molecule has 0 aromatic heterocycles. The minimum Gasteiger partial charge on any atom is -0.478 e. The van der Waals surface area contributed by atoms with Crippen LogP contribution in [-0.2, 0) is 4.79 Å². The summed E-state index contributed by atoms with van der Waals surface area (Å²) in [6.07, 6.45) is 2.42. The molecule has 0 aliphatic heterocycles. The molecule has 108 valence electrons. The second-order valence-corrected chi connectivity index (χ2v) is 5.30. The van der Waals surface area contributed by atoms with Gasteiger partial charge >= 0.3 is 5.97 Å². The maximum absolute atomic E-state index is 13.2. The van der Waals surface area contributed by atoms with Crippen LogP contribution in [-0.4, -0.2) is 11.1 Å². The fraction of sp³-hybridized carbons (Fsp3) is 0. The highest BCUT2D eigenvalue weighted by Gasteiger charge is 2.08. The van der Waals surface area contributed by atoms with Gasteiger partial charge in [0.1, 0.15) is 17.3 Å². The van der Waals surface area contributed by atoms with E-state index < -0.39 is 11.8 Å². The van der Waals surface area contributed by atoms with Gasteiger partial charge in [0.2, 0.25) is 0 Å². The Labute approximate surface area is 133 Å². The van der Waals surface area contributed by atoms with Crippen molar-refractivity contribution in [3.05, 3.63) is 63.4 Å². The molecule has 2 aromatic rings. The molecular formula is C15H9BrClFO3. The van der Waals surface area contributed by atoms with Gasteiger partial charge in [-0.25, -0.2) is 9.18 Å². The van der Waals surface area contributed by atoms with Gasteiger partial charge in [-0.15, -0.1) is 0 Å². The highest BCUT2D eigenvalue weighted by atomic mass is 79.9. The number of carboxylic acids is 1. The zero-order chi connectivity index (χ0) is 15.4. The lowest BCUT2D eigenvalue weighted by molar-refractivity contribution is -0.131. The molecule has 0 spiro atoms. The molecule has 0 amide bonds. The van der Waals surface area contributed by atoms with Crippen LogP contribution in [0, 0.1) is 5.82 Å². The van der Waals surface area contributed by atoms with Crippen LogP contribution >= 0.6 is 27.5 Å². The zero-order valence-electron chi connectivity index (χ0n) is 10.5. The normalized spacial score (nSPS) is 10.8. The van der Waals surface area contributed by atoms with Crippen LogP contribution in [0.3, 0.4) is 0 Å². The number of hydrogen-bond acceptors (Lipinski definition) is 2. The van der Waals surface area contributed by atoms with Crippen LogP contribution in [0.1, 0.15) is 5.56 Å². The SMILES string of the molecule is O=C(O)/C=C/c1ccc(Oc2cc(F)ccc2Br)c(Cl)c1. The van der Waals surface area contributed by atoms with Crippen molar-refractivity contribution >= 4 is 39.6 Å². The molecule has 0 unspecified atom stereocenters. The summed E-state index contributed by atoms with van der Waals surface area (Å²) >= 11 is 9.33. The average molecular weight is 372 g/mol. The quantitative estimate of drug-likeness (QED) is 0.758. The third-order valence-electron chi connectivity index (χ3n) is 2.49. The van der Waals surface area contributed by atoms with E-state index in [4.69, 9.17) is 21.4 Å². The van der Waals surface area contributed by atoms with Gasteiger partial charge in [0.25, 0.3) is 0 Å². The first kappa shape index (κ1) is 15.5. The molecule has 0 fully saturated rings. The molecule has 0 saturated carbocycles. The largest absolute Gasteiger partial charge is 0.478 e. The number of ether oxygens (including phenoxy) is 1. The number of rotatable bonds is 4. The van der Waals surface area contributed by atoms with E-state index in [2.05, 4.69) is 15.9 Å². The fourth-order valence-electron chi connectivity index (χ4n) is 1.54. The number of carbonyl (C=O) groups is 1. The van der Waals surface area contributed by atoms with Gasteiger partial charge in [0, 0.05) is 12.1 Å². The third kappa shape index (κ3) is 4.31. The van der Waals surface area contributed by atoms with Gasteiger partial charge in [-0.1, -0.05) is 17.7 Å². The fourth-order valence-corrected chi connectivity index (χ4v) is 2.10. The minimum atomic E-state index is -1.05. The summed E-state index contributed by atoms with van der Waals surface area (Å²) in [5.74, 6) is -0.832. The van der Waals surface area contributed by atoms with Crippen molar-refractivity contribution in [2.45, 2.75) is 0 Å². The van der Waals surface area contributed by atoms with E-state index in [-0.39, 0.29) is 0 Å². The molecule has 0 radical (unpaired) electrons. The van der Waals surface area contributed by atoms with Crippen molar-refractivity contribution < 1.29 is 19.0 Å². The standard InChI is InChI=1S/C15H9BrClFO3/c16-11-4-3-10(18)8-14(11)21-13-5-1-9(7-12(13)17)2-6-15(19)20/h1-8H,(H,19,20)/b6-2+. The van der Waals surface area contributed by atoms with Crippen molar-refractivity contribution in [1.29, 1.82) is 0 Å². The van der Waals surface area contributed by atoms with Gasteiger partial charge in [0.15, 0.2) is 0 Å². The summed E-state index contributed by atoms with van der Waals surface area (Å²) in [5, 5.41) is 8.86. The van der Waals surface area contributed by atoms with Crippen LogP contribution in [0.2, 0.25) is 5.02 Å². The highest BCUT2D eigenvalue weighted by molar-refractivity contribution is 9.10. The first-order valence-electron chi connectivity index (χ1n) is 5.79. The van der Waals surface area contributed by atoms with E-state index in [1.165, 1.54) is 24.3 Å². The molecule has 0 heterocycles. The summed E-state index contributed by atoms with van der Waals surface area (Å²) in [6, 6.07) is 8.86. The minimum absolute atomic E-state index is 0.290. The van der Waals surface area contributed by atoms with Gasteiger partial charge in [-0.3, -0.25) is 0 Å². The first-order valence-corrected chi connectivity index (χ1v) is 6.96. The first-order chi connectivity index (χ1) is 9.95. The molecule has 21 heavy (non-hydrogen) atoms. The maximum Gasteiger partial charge on any atom is 0.328 e. The molecule has 0 atom stereocenters. The Balaban J connectivity index is 2.25. The van der Waals surface area contributed by atoms with Crippen molar-refractivity contribution in [2.75, 3.05) is 0 Å². The van der Waals surface area contributed by atoms with Gasteiger partial charge in [0.05, 0.1) is 9.50 Å². The lowest BCUT2D eigenvalue weighted by Crippen LogP contribution is -1.89. The number of carboxylic acid groups (broad SMARTS) is 1. The molecule has 3 nitrogen and oxygen atoms in total. The molecule has 1 N–H and O–H groups in total. The summed E-state index contributed by atoms with van der Waals surface area (Å²) in [5.41, 5.74) is 0.619. The summed E-state index contributed by atoms with van der Waals surface area (Å²) in [7, 11) is 0.